The van der Waals surface area contributed by atoms with Gasteiger partial charge in [0.25, 0.3) is 0 Å². The molecule has 1 unspecified atom stereocenters. The number of carbonyl (C=O) groups excluding carboxylic acids is 2. The molecule has 1 atom stereocenters. The Labute approximate surface area is 213 Å². The van der Waals surface area contributed by atoms with E-state index in [0.717, 1.165) is 9.48 Å². The number of nitrogens with zero attached hydrogens (tertiary/aromatic N) is 2. The molecule has 1 aliphatic heterocycles. The quantitative estimate of drug-likeness (QED) is 0.357. The molecule has 0 spiro atoms. The SMILES string of the molecule is CC.CCOC(=O)C(C)OC(=O)C1=C(CBr)NC(c2nccs2)=NC1.Fc1cccc(Br)c1. The molecule has 3 rings (SSSR count). The first kappa shape index (κ1) is 28.9. The summed E-state index contributed by atoms with van der Waals surface area (Å²) in [4.78, 5) is 32.3. The van der Waals surface area contributed by atoms with Gasteiger partial charge in [0.2, 0.25) is 0 Å². The van der Waals surface area contributed by atoms with Crippen LogP contribution in [-0.2, 0) is 19.1 Å². The van der Waals surface area contributed by atoms with Gasteiger partial charge in [-0.15, -0.1) is 11.3 Å². The first-order valence-corrected chi connectivity index (χ1v) is 12.9. The Morgan fingerprint density at radius 1 is 1.33 bits per heavy atom. The fourth-order valence-electron chi connectivity index (χ4n) is 2.27. The summed E-state index contributed by atoms with van der Waals surface area (Å²) in [6.07, 6.45) is 0.725. The zero-order chi connectivity index (χ0) is 24.8. The molecule has 180 valence electrons. The van der Waals surface area contributed by atoms with Crippen molar-refractivity contribution in [3.8, 4) is 0 Å². The maximum Gasteiger partial charge on any atom is 0.347 e. The van der Waals surface area contributed by atoms with Gasteiger partial charge in [-0.2, -0.15) is 0 Å². The van der Waals surface area contributed by atoms with Crippen LogP contribution < -0.4 is 5.32 Å². The smallest absolute Gasteiger partial charge is 0.347 e. The van der Waals surface area contributed by atoms with Gasteiger partial charge in [0.15, 0.2) is 16.9 Å². The molecular formula is C22H26Br2FN3O4S. The Kier molecular flexibility index (Phi) is 13.7. The van der Waals surface area contributed by atoms with Gasteiger partial charge >= 0.3 is 11.9 Å². The molecule has 0 saturated heterocycles. The summed E-state index contributed by atoms with van der Waals surface area (Å²) in [6.45, 7) is 7.57. The molecule has 1 aromatic heterocycles. The second-order valence-electron chi connectivity index (χ2n) is 5.96. The van der Waals surface area contributed by atoms with Gasteiger partial charge in [-0.05, 0) is 32.0 Å². The zero-order valence-corrected chi connectivity index (χ0v) is 22.7. The molecule has 1 N–H and O–H groups in total. The molecule has 1 aliphatic rings. The maximum absolute atomic E-state index is 12.2. The van der Waals surface area contributed by atoms with E-state index in [2.05, 4.69) is 47.2 Å². The van der Waals surface area contributed by atoms with Gasteiger partial charge in [0.05, 0.1) is 18.7 Å². The Morgan fingerprint density at radius 2 is 2.06 bits per heavy atom. The van der Waals surface area contributed by atoms with Crippen LogP contribution in [0, 0.1) is 5.82 Å². The van der Waals surface area contributed by atoms with Crippen molar-refractivity contribution in [1.29, 1.82) is 0 Å². The lowest BCUT2D eigenvalue weighted by atomic mass is 10.2. The van der Waals surface area contributed by atoms with Gasteiger partial charge < -0.3 is 14.8 Å². The van der Waals surface area contributed by atoms with E-state index in [-0.39, 0.29) is 19.0 Å². The van der Waals surface area contributed by atoms with Crippen LogP contribution >= 0.6 is 43.2 Å². The first-order chi connectivity index (χ1) is 15.8. The fourth-order valence-corrected chi connectivity index (χ4v) is 3.72. The van der Waals surface area contributed by atoms with Crippen LogP contribution in [0.15, 0.2) is 56.6 Å². The summed E-state index contributed by atoms with van der Waals surface area (Å²) in [5.74, 6) is -0.754. The van der Waals surface area contributed by atoms with Gasteiger partial charge in [-0.3, -0.25) is 4.99 Å². The highest BCUT2D eigenvalue weighted by molar-refractivity contribution is 9.10. The van der Waals surface area contributed by atoms with E-state index >= 15 is 0 Å². The molecule has 2 heterocycles. The van der Waals surface area contributed by atoms with Crippen molar-refractivity contribution >= 4 is 61.0 Å². The van der Waals surface area contributed by atoms with E-state index < -0.39 is 18.0 Å². The summed E-state index contributed by atoms with van der Waals surface area (Å²) in [5, 5.41) is 6.10. The molecule has 0 amide bonds. The van der Waals surface area contributed by atoms with E-state index in [4.69, 9.17) is 9.47 Å². The average Bonchev–Trinajstić information content (AvgIpc) is 3.35. The van der Waals surface area contributed by atoms with E-state index in [0.29, 0.717) is 22.4 Å². The van der Waals surface area contributed by atoms with Gasteiger partial charge in [-0.1, -0.05) is 51.8 Å². The number of benzene rings is 1. The lowest BCUT2D eigenvalue weighted by Crippen LogP contribution is -2.35. The Balaban J connectivity index is 0.000000454. The first-order valence-electron chi connectivity index (χ1n) is 10.1. The predicted molar refractivity (Wildman–Crippen MR) is 135 cm³/mol. The minimum Gasteiger partial charge on any atom is -0.463 e. The normalized spacial score (nSPS) is 13.2. The summed E-state index contributed by atoms with van der Waals surface area (Å²) < 4.78 is 22.9. The van der Waals surface area contributed by atoms with Crippen LogP contribution in [0.3, 0.4) is 0 Å². The van der Waals surface area contributed by atoms with Crippen LogP contribution in [0.5, 0.6) is 0 Å². The highest BCUT2D eigenvalue weighted by Crippen LogP contribution is 2.17. The highest BCUT2D eigenvalue weighted by atomic mass is 79.9. The number of halogens is 3. The number of alkyl halides is 1. The molecule has 0 saturated carbocycles. The third-order valence-corrected chi connectivity index (χ3v) is 5.57. The number of rotatable bonds is 6. The molecule has 0 radical (unpaired) electrons. The number of aliphatic imine (C=N–C) groups is 1. The van der Waals surface area contributed by atoms with Crippen LogP contribution in [0.25, 0.3) is 0 Å². The fraction of sp³-hybridized carbons (Fsp3) is 0.364. The van der Waals surface area contributed by atoms with Crippen molar-refractivity contribution in [2.75, 3.05) is 18.5 Å². The molecule has 33 heavy (non-hydrogen) atoms. The van der Waals surface area contributed by atoms with Crippen molar-refractivity contribution in [2.45, 2.75) is 33.8 Å². The van der Waals surface area contributed by atoms with Crippen LogP contribution in [-0.4, -0.2) is 47.3 Å². The molecule has 0 aliphatic carbocycles. The van der Waals surface area contributed by atoms with E-state index in [1.165, 1.54) is 30.4 Å². The van der Waals surface area contributed by atoms with Gasteiger partial charge in [0, 0.05) is 27.1 Å². The number of hydrogen-bond donors (Lipinski definition) is 1. The van der Waals surface area contributed by atoms with Crippen molar-refractivity contribution in [1.82, 2.24) is 10.3 Å². The number of nitrogens with one attached hydrogen (secondary N) is 1. The standard InChI is InChI=1S/C14H16BrN3O4S.C6H4BrF.C2H6/c1-3-21-13(19)8(2)22-14(20)9-7-17-11(18-10(9)6-15)12-16-4-5-23-12;7-5-2-1-3-6(8)4-5;1-2/h4-5,8H,3,6-7H2,1-2H3,(H,17,18);1-4H;1-2H3. The molecule has 7 nitrogen and oxygen atoms in total. The Bertz CT molecular complexity index is 951. The minimum absolute atomic E-state index is 0.164. The largest absolute Gasteiger partial charge is 0.463 e. The number of amidine groups is 1. The maximum atomic E-state index is 12.2. The lowest BCUT2D eigenvalue weighted by Gasteiger charge is -2.20. The van der Waals surface area contributed by atoms with E-state index in [1.807, 2.05) is 19.2 Å². The Hall–Kier alpha value is -2.11. The summed E-state index contributed by atoms with van der Waals surface area (Å²) >= 11 is 7.91. The van der Waals surface area contributed by atoms with Crippen LogP contribution in [0.4, 0.5) is 4.39 Å². The number of aromatic nitrogens is 1. The minimum atomic E-state index is -0.962. The Morgan fingerprint density at radius 3 is 2.58 bits per heavy atom. The predicted octanol–water partition coefficient (Wildman–Crippen LogP) is 5.25. The number of thiazole rings is 1. The van der Waals surface area contributed by atoms with Crippen LogP contribution in [0.1, 0.15) is 32.7 Å². The zero-order valence-electron chi connectivity index (χ0n) is 18.7. The number of allylic oxidation sites excluding steroid dienone is 1. The third kappa shape index (κ3) is 9.73. The monoisotopic (exact) mass is 605 g/mol. The highest BCUT2D eigenvalue weighted by Gasteiger charge is 2.26. The topological polar surface area (TPSA) is 89.9 Å². The molecule has 0 bridgehead atoms. The summed E-state index contributed by atoms with van der Waals surface area (Å²) in [7, 11) is 0. The van der Waals surface area contributed by atoms with E-state index in [9.17, 15) is 14.0 Å². The molecule has 1 aromatic carbocycles. The lowest BCUT2D eigenvalue weighted by molar-refractivity contribution is -0.164. The van der Waals surface area contributed by atoms with Crippen LogP contribution in [0.2, 0.25) is 0 Å². The summed E-state index contributed by atoms with van der Waals surface area (Å²) in [6, 6.07) is 6.26. The van der Waals surface area contributed by atoms with Crippen molar-refractivity contribution in [3.05, 3.63) is 62.4 Å². The molecular weight excluding hydrogens is 581 g/mol. The van der Waals surface area contributed by atoms with Gasteiger partial charge in [0.1, 0.15) is 5.82 Å². The van der Waals surface area contributed by atoms with Crippen molar-refractivity contribution in [2.24, 2.45) is 4.99 Å². The van der Waals surface area contributed by atoms with Gasteiger partial charge in [-0.25, -0.2) is 19.0 Å². The third-order valence-electron chi connectivity index (χ3n) is 3.73. The van der Waals surface area contributed by atoms with Crippen molar-refractivity contribution < 1.29 is 23.5 Å². The molecule has 2 aromatic rings. The average molecular weight is 607 g/mol. The number of carbonyl (C=O) groups is 2. The number of hydrogen-bond acceptors (Lipinski definition) is 8. The number of ether oxygens (including phenoxy) is 2. The molecule has 0 fully saturated rings. The second kappa shape index (κ2) is 15.7. The second-order valence-corrected chi connectivity index (χ2v) is 8.33. The number of esters is 2. The van der Waals surface area contributed by atoms with E-state index in [1.54, 1.807) is 25.3 Å². The molecule has 11 heteroatoms. The summed E-state index contributed by atoms with van der Waals surface area (Å²) in [5.41, 5.74) is 1.02. The van der Waals surface area contributed by atoms with Crippen molar-refractivity contribution in [3.63, 3.8) is 0 Å².